The van der Waals surface area contributed by atoms with Crippen molar-refractivity contribution in [3.05, 3.63) is 11.8 Å². The van der Waals surface area contributed by atoms with Gasteiger partial charge in [0.2, 0.25) is 0 Å². The number of hydrogen-bond donors (Lipinski definition) is 0. The molecule has 0 fully saturated rings. The van der Waals surface area contributed by atoms with Crippen molar-refractivity contribution in [2.45, 2.75) is 64.3 Å². The van der Waals surface area contributed by atoms with Crippen LogP contribution in [0.15, 0.2) is 16.8 Å². The van der Waals surface area contributed by atoms with E-state index < -0.39 is 16.5 Å². The predicted molar refractivity (Wildman–Crippen MR) is 85.7 cm³/mol. The summed E-state index contributed by atoms with van der Waals surface area (Å²) >= 11 is -1.23. The van der Waals surface area contributed by atoms with Crippen molar-refractivity contribution in [1.29, 1.82) is 0 Å². The van der Waals surface area contributed by atoms with Gasteiger partial charge < -0.3 is 0 Å². The summed E-state index contributed by atoms with van der Waals surface area (Å²) in [5.41, 5.74) is 7.71. The van der Waals surface area contributed by atoms with Crippen molar-refractivity contribution >= 4 is 22.2 Å². The van der Waals surface area contributed by atoms with E-state index in [1.807, 2.05) is 0 Å². The van der Waals surface area contributed by atoms with E-state index in [2.05, 4.69) is 53.3 Å². The van der Waals surface area contributed by atoms with Crippen molar-refractivity contribution in [3.63, 3.8) is 0 Å². The molecule has 3 heteroatoms. The third kappa shape index (κ3) is 6.69. The normalized spacial score (nSPS) is 12.8. The van der Waals surface area contributed by atoms with E-state index in [1.165, 1.54) is 24.4 Å². The van der Waals surface area contributed by atoms with Gasteiger partial charge in [0, 0.05) is 0 Å². The molecule has 0 bridgehead atoms. The third-order valence-corrected chi connectivity index (χ3v) is 6.91. The summed E-state index contributed by atoms with van der Waals surface area (Å²) in [6.07, 6.45) is 6.92. The fraction of sp³-hybridized carbons (Fsp3) is 0.800. The molecule has 0 aromatic heterocycles. The maximum absolute atomic E-state index is 4.68. The van der Waals surface area contributed by atoms with Gasteiger partial charge in [-0.3, -0.25) is 0 Å². The molecule has 0 N–H and O–H groups in total. The molecule has 0 rings (SSSR count). The summed E-state index contributed by atoms with van der Waals surface area (Å²) in [5.74, 6) is 0. The first-order valence-electron chi connectivity index (χ1n) is 7.61. The van der Waals surface area contributed by atoms with Crippen molar-refractivity contribution in [2.75, 3.05) is 13.1 Å². The van der Waals surface area contributed by atoms with E-state index in [-0.39, 0.29) is 0 Å². The molecule has 0 heterocycles. The first-order valence-corrected chi connectivity index (χ1v) is 13.5. The molecular weight excluding hydrogens is 278 g/mol. The number of hydrogen-bond acceptors (Lipinski definition) is 2. The minimum absolute atomic E-state index is 0.966. The SMILES string of the molecule is CCCN=C(/C=C(/CC)[N](CCC)[Ga]([CH3])[CH3])CC. The molecule has 2 nitrogen and oxygen atoms in total. The summed E-state index contributed by atoms with van der Waals surface area (Å²) in [5, 5.41) is 0. The average molecular weight is 309 g/mol. The molecule has 0 unspecified atom stereocenters. The summed E-state index contributed by atoms with van der Waals surface area (Å²) in [4.78, 5) is 4.68. The Morgan fingerprint density at radius 1 is 1.06 bits per heavy atom. The van der Waals surface area contributed by atoms with Crippen LogP contribution in [0.4, 0.5) is 0 Å². The van der Waals surface area contributed by atoms with E-state index in [4.69, 9.17) is 0 Å². The van der Waals surface area contributed by atoms with Gasteiger partial charge in [-0.1, -0.05) is 0 Å². The van der Waals surface area contributed by atoms with Crippen LogP contribution in [0, 0.1) is 0 Å². The Morgan fingerprint density at radius 2 is 1.72 bits per heavy atom. The first-order chi connectivity index (χ1) is 8.60. The fourth-order valence-electron chi connectivity index (χ4n) is 2.07. The van der Waals surface area contributed by atoms with Crippen LogP contribution in [0.1, 0.15) is 53.4 Å². The fourth-order valence-corrected chi connectivity index (χ4v) is 5.63. The summed E-state index contributed by atoms with van der Waals surface area (Å²) < 4.78 is 2.70. The van der Waals surface area contributed by atoms with Gasteiger partial charge in [-0.2, -0.15) is 0 Å². The minimum atomic E-state index is -1.23. The molecule has 0 saturated carbocycles. The van der Waals surface area contributed by atoms with Crippen LogP contribution in [0.2, 0.25) is 11.0 Å². The van der Waals surface area contributed by atoms with Crippen molar-refractivity contribution in [2.24, 2.45) is 4.99 Å². The molecule has 0 aromatic carbocycles. The third-order valence-electron chi connectivity index (χ3n) is 3.05. The zero-order chi connectivity index (χ0) is 14.0. The van der Waals surface area contributed by atoms with E-state index in [0.29, 0.717) is 0 Å². The monoisotopic (exact) mass is 308 g/mol. The molecule has 0 spiro atoms. The zero-order valence-corrected chi connectivity index (χ0v) is 15.7. The Hall–Kier alpha value is -0.154. The van der Waals surface area contributed by atoms with Gasteiger partial charge in [0.15, 0.2) is 0 Å². The Labute approximate surface area is 120 Å². The first kappa shape index (κ1) is 17.8. The predicted octanol–water partition coefficient (Wildman–Crippen LogP) is 4.50. The zero-order valence-electron chi connectivity index (χ0n) is 13.3. The molecule has 18 heavy (non-hydrogen) atoms. The van der Waals surface area contributed by atoms with Gasteiger partial charge in [-0.25, -0.2) is 0 Å². The molecule has 0 aliphatic carbocycles. The van der Waals surface area contributed by atoms with Crippen LogP contribution in [-0.2, 0) is 0 Å². The van der Waals surface area contributed by atoms with Gasteiger partial charge in [-0.15, -0.1) is 0 Å². The van der Waals surface area contributed by atoms with Crippen molar-refractivity contribution in [3.8, 4) is 0 Å². The van der Waals surface area contributed by atoms with E-state index in [1.54, 1.807) is 0 Å². The van der Waals surface area contributed by atoms with Gasteiger partial charge in [0.05, 0.1) is 0 Å². The molecular formula is C15H31GaN2. The molecule has 0 aliphatic rings. The van der Waals surface area contributed by atoms with Crippen LogP contribution in [0.3, 0.4) is 0 Å². The van der Waals surface area contributed by atoms with Crippen molar-refractivity contribution in [1.82, 2.24) is 3.61 Å². The quantitative estimate of drug-likeness (QED) is 0.452. The molecule has 0 saturated heterocycles. The van der Waals surface area contributed by atoms with Gasteiger partial charge >= 0.3 is 120 Å². The molecule has 0 aromatic rings. The molecule has 0 aliphatic heterocycles. The topological polar surface area (TPSA) is 15.6 Å². The Kier molecular flexibility index (Phi) is 10.6. The standard InChI is InChI=1S/C13H25N2.2CH3.Ga/c1-5-9-14-12(7-3)11-13(8-4)15-10-6-2;;;/h11H,5-10H2,1-4H3;2*1H3;/q-1;;;+1/b12-11-,15-13?;;;. The second-order valence-corrected chi connectivity index (χ2v) is 10.9. The number of aliphatic imine (C=N–C) groups is 1. The van der Waals surface area contributed by atoms with Crippen LogP contribution in [0.5, 0.6) is 0 Å². The van der Waals surface area contributed by atoms with Crippen LogP contribution >= 0.6 is 0 Å². The maximum atomic E-state index is 4.68. The summed E-state index contributed by atoms with van der Waals surface area (Å²) in [6, 6.07) is 0. The second-order valence-electron chi connectivity index (χ2n) is 5.00. The summed E-state index contributed by atoms with van der Waals surface area (Å²) in [6.45, 7) is 11.1. The number of rotatable bonds is 9. The van der Waals surface area contributed by atoms with Gasteiger partial charge in [0.25, 0.3) is 0 Å². The Balaban J connectivity index is 4.99. The van der Waals surface area contributed by atoms with Crippen LogP contribution in [-0.4, -0.2) is 38.9 Å². The molecule has 0 radical (unpaired) electrons. The average Bonchev–Trinajstić information content (AvgIpc) is 2.37. The van der Waals surface area contributed by atoms with Gasteiger partial charge in [-0.05, 0) is 0 Å². The molecule has 104 valence electrons. The number of nitrogens with zero attached hydrogens (tertiary/aromatic N) is 2. The molecule has 0 amide bonds. The van der Waals surface area contributed by atoms with E-state index in [9.17, 15) is 0 Å². The summed E-state index contributed by atoms with van der Waals surface area (Å²) in [7, 11) is 0. The number of allylic oxidation sites excluding steroid dienone is 2. The van der Waals surface area contributed by atoms with Crippen LogP contribution in [0.25, 0.3) is 0 Å². The molecule has 0 atom stereocenters. The van der Waals surface area contributed by atoms with Gasteiger partial charge in [0.1, 0.15) is 0 Å². The van der Waals surface area contributed by atoms with E-state index in [0.717, 1.165) is 25.8 Å². The van der Waals surface area contributed by atoms with Crippen LogP contribution < -0.4 is 0 Å². The Morgan fingerprint density at radius 3 is 2.11 bits per heavy atom. The second kappa shape index (κ2) is 10.7. The van der Waals surface area contributed by atoms with E-state index >= 15 is 0 Å². The Bertz CT molecular complexity index is 270. The van der Waals surface area contributed by atoms with Crippen molar-refractivity contribution < 1.29 is 0 Å².